The molecule has 0 N–H and O–H groups in total. The normalized spacial score (nSPS) is 15.7. The van der Waals surface area contributed by atoms with Gasteiger partial charge in [-0.2, -0.15) is 4.31 Å². The smallest absolute Gasteiger partial charge is 0.262 e. The van der Waals surface area contributed by atoms with Crippen molar-refractivity contribution in [3.63, 3.8) is 0 Å². The van der Waals surface area contributed by atoms with E-state index in [9.17, 15) is 8.42 Å². The number of hydrogen-bond acceptors (Lipinski definition) is 5. The van der Waals surface area contributed by atoms with Crippen molar-refractivity contribution in [3.8, 4) is 0 Å². The Morgan fingerprint density at radius 2 is 2.13 bits per heavy atom. The molecule has 118 valence electrons. The second-order valence-electron chi connectivity index (χ2n) is 5.61. The molecule has 7 nitrogen and oxygen atoms in total. The Balaban J connectivity index is 1.72. The predicted octanol–water partition coefficient (Wildman–Crippen LogP) is 1.11. The standard InChI is InChI=1S/C15H15N5O2S/c1-19-9-14(17-10-19)23(21,22)20-6-4-13-12(8-20)7-11-3-2-5-16-15(11)18-13/h2-3,5,7,9-10H,4,6,8H2,1H3. The van der Waals surface area contributed by atoms with E-state index >= 15 is 0 Å². The summed E-state index contributed by atoms with van der Waals surface area (Å²) in [4.78, 5) is 12.8. The maximum Gasteiger partial charge on any atom is 0.262 e. The third kappa shape index (κ3) is 2.40. The van der Waals surface area contributed by atoms with Crippen LogP contribution >= 0.6 is 0 Å². The van der Waals surface area contributed by atoms with E-state index < -0.39 is 10.0 Å². The van der Waals surface area contributed by atoms with Crippen molar-refractivity contribution in [2.75, 3.05) is 6.54 Å². The molecule has 23 heavy (non-hydrogen) atoms. The molecular weight excluding hydrogens is 314 g/mol. The Hall–Kier alpha value is -2.32. The Morgan fingerprint density at radius 3 is 2.91 bits per heavy atom. The predicted molar refractivity (Wildman–Crippen MR) is 84.0 cm³/mol. The van der Waals surface area contributed by atoms with Gasteiger partial charge in [0.15, 0.2) is 10.7 Å². The first-order valence-electron chi connectivity index (χ1n) is 7.26. The van der Waals surface area contributed by atoms with Crippen LogP contribution in [0.15, 0.2) is 41.9 Å². The van der Waals surface area contributed by atoms with Gasteiger partial charge >= 0.3 is 0 Å². The first-order valence-corrected chi connectivity index (χ1v) is 8.70. The van der Waals surface area contributed by atoms with Crippen LogP contribution in [0.2, 0.25) is 0 Å². The number of imidazole rings is 1. The Morgan fingerprint density at radius 1 is 1.26 bits per heavy atom. The highest BCUT2D eigenvalue weighted by atomic mass is 32.2. The number of rotatable bonds is 2. The van der Waals surface area contributed by atoms with Gasteiger partial charge in [-0.15, -0.1) is 0 Å². The number of fused-ring (bicyclic) bond motifs is 2. The SMILES string of the molecule is Cn1cnc(S(=O)(=O)N2CCc3nc4ncccc4cc3C2)c1. The van der Waals surface area contributed by atoms with Gasteiger partial charge in [-0.3, -0.25) is 0 Å². The van der Waals surface area contributed by atoms with E-state index in [1.807, 2.05) is 18.2 Å². The van der Waals surface area contributed by atoms with Crippen LogP contribution in [0.3, 0.4) is 0 Å². The molecule has 0 saturated heterocycles. The molecule has 4 heterocycles. The summed E-state index contributed by atoms with van der Waals surface area (Å²) < 4.78 is 28.5. The second kappa shape index (κ2) is 5.10. The Kier molecular flexibility index (Phi) is 3.17. The molecule has 0 bridgehead atoms. The third-order valence-electron chi connectivity index (χ3n) is 3.99. The van der Waals surface area contributed by atoms with E-state index in [2.05, 4.69) is 15.0 Å². The lowest BCUT2D eigenvalue weighted by molar-refractivity contribution is 0.387. The van der Waals surface area contributed by atoms with Crippen molar-refractivity contribution in [1.82, 2.24) is 23.8 Å². The highest BCUT2D eigenvalue weighted by Gasteiger charge is 2.30. The van der Waals surface area contributed by atoms with Crippen LogP contribution in [-0.2, 0) is 30.0 Å². The molecule has 3 aromatic heterocycles. The topological polar surface area (TPSA) is 81.0 Å². The number of nitrogens with zero attached hydrogens (tertiary/aromatic N) is 5. The molecule has 3 aromatic rings. The summed E-state index contributed by atoms with van der Waals surface area (Å²) in [7, 11) is -1.83. The van der Waals surface area contributed by atoms with Gasteiger partial charge < -0.3 is 4.57 Å². The van der Waals surface area contributed by atoms with Crippen LogP contribution in [-0.4, -0.2) is 38.8 Å². The van der Waals surface area contributed by atoms with E-state index in [-0.39, 0.29) is 5.03 Å². The lowest BCUT2D eigenvalue weighted by Gasteiger charge is -2.26. The highest BCUT2D eigenvalue weighted by molar-refractivity contribution is 7.89. The zero-order valence-corrected chi connectivity index (χ0v) is 13.4. The van der Waals surface area contributed by atoms with Crippen LogP contribution in [0.25, 0.3) is 11.0 Å². The molecule has 0 fully saturated rings. The number of pyridine rings is 2. The average molecular weight is 329 g/mol. The zero-order chi connectivity index (χ0) is 16.0. The Labute approximate surface area is 133 Å². The zero-order valence-electron chi connectivity index (χ0n) is 12.5. The molecule has 0 saturated carbocycles. The average Bonchev–Trinajstić information content (AvgIpc) is 2.99. The molecule has 4 rings (SSSR count). The summed E-state index contributed by atoms with van der Waals surface area (Å²) in [5.41, 5.74) is 2.55. The minimum absolute atomic E-state index is 0.0823. The number of hydrogen-bond donors (Lipinski definition) is 0. The first-order chi connectivity index (χ1) is 11.0. The van der Waals surface area contributed by atoms with Gasteiger partial charge in [0.2, 0.25) is 0 Å². The van der Waals surface area contributed by atoms with Crippen molar-refractivity contribution in [2.45, 2.75) is 18.0 Å². The van der Waals surface area contributed by atoms with Crippen LogP contribution in [0.1, 0.15) is 11.3 Å². The molecule has 0 radical (unpaired) electrons. The van der Waals surface area contributed by atoms with Crippen LogP contribution in [0.4, 0.5) is 0 Å². The maximum absolute atomic E-state index is 12.7. The molecule has 0 atom stereocenters. The van der Waals surface area contributed by atoms with Gasteiger partial charge in [-0.1, -0.05) is 0 Å². The first kappa shape index (κ1) is 14.3. The fourth-order valence-corrected chi connectivity index (χ4v) is 4.18. The van der Waals surface area contributed by atoms with E-state index in [1.54, 1.807) is 17.8 Å². The third-order valence-corrected chi connectivity index (χ3v) is 5.72. The van der Waals surface area contributed by atoms with Crippen molar-refractivity contribution in [2.24, 2.45) is 7.05 Å². The van der Waals surface area contributed by atoms with Crippen LogP contribution in [0.5, 0.6) is 0 Å². The lowest BCUT2D eigenvalue weighted by atomic mass is 10.1. The van der Waals surface area contributed by atoms with Gasteiger partial charge in [-0.25, -0.2) is 23.4 Å². The van der Waals surface area contributed by atoms with E-state index in [0.29, 0.717) is 25.2 Å². The van der Waals surface area contributed by atoms with Gasteiger partial charge in [0.1, 0.15) is 0 Å². The molecule has 0 aromatic carbocycles. The Bertz CT molecular complexity index is 996. The molecule has 0 unspecified atom stereocenters. The van der Waals surface area contributed by atoms with Crippen molar-refractivity contribution < 1.29 is 8.42 Å². The number of sulfonamides is 1. The van der Waals surface area contributed by atoms with Gasteiger partial charge in [0.25, 0.3) is 10.0 Å². The fraction of sp³-hybridized carbons (Fsp3) is 0.267. The number of aromatic nitrogens is 4. The summed E-state index contributed by atoms with van der Waals surface area (Å²) in [5.74, 6) is 0. The quantitative estimate of drug-likeness (QED) is 0.703. The monoisotopic (exact) mass is 329 g/mol. The van der Waals surface area contributed by atoms with Crippen molar-refractivity contribution in [1.29, 1.82) is 0 Å². The molecule has 1 aliphatic rings. The molecule has 1 aliphatic heterocycles. The van der Waals surface area contributed by atoms with E-state index in [1.165, 1.54) is 16.8 Å². The molecular formula is C15H15N5O2S. The number of aryl methyl sites for hydroxylation is 1. The lowest BCUT2D eigenvalue weighted by Crippen LogP contribution is -2.36. The second-order valence-corrected chi connectivity index (χ2v) is 7.50. The summed E-state index contributed by atoms with van der Waals surface area (Å²) >= 11 is 0. The molecule has 0 spiro atoms. The fourth-order valence-electron chi connectivity index (χ4n) is 2.80. The van der Waals surface area contributed by atoms with Crippen molar-refractivity contribution >= 4 is 21.1 Å². The summed E-state index contributed by atoms with van der Waals surface area (Å²) in [6, 6.07) is 5.76. The van der Waals surface area contributed by atoms with Gasteiger partial charge in [0.05, 0.1) is 6.33 Å². The van der Waals surface area contributed by atoms with Crippen LogP contribution < -0.4 is 0 Å². The van der Waals surface area contributed by atoms with Crippen LogP contribution in [0, 0.1) is 0 Å². The molecule has 8 heteroatoms. The van der Waals surface area contributed by atoms with E-state index in [0.717, 1.165) is 16.6 Å². The molecule has 0 aliphatic carbocycles. The van der Waals surface area contributed by atoms with Gasteiger partial charge in [0, 0.05) is 50.0 Å². The highest BCUT2D eigenvalue weighted by Crippen LogP contribution is 2.25. The largest absolute Gasteiger partial charge is 0.339 e. The maximum atomic E-state index is 12.7. The van der Waals surface area contributed by atoms with E-state index in [4.69, 9.17) is 0 Å². The minimum atomic E-state index is -3.58. The summed E-state index contributed by atoms with van der Waals surface area (Å²) in [6.45, 7) is 0.712. The summed E-state index contributed by atoms with van der Waals surface area (Å²) in [6.07, 6.45) is 5.30. The summed E-state index contributed by atoms with van der Waals surface area (Å²) in [5, 5.41) is 1.00. The minimum Gasteiger partial charge on any atom is -0.339 e. The molecule has 0 amide bonds. The van der Waals surface area contributed by atoms with Crippen molar-refractivity contribution in [3.05, 3.63) is 48.2 Å². The van der Waals surface area contributed by atoms with Gasteiger partial charge in [-0.05, 0) is 23.8 Å².